The molecule has 1 aromatic rings. The number of para-hydroxylation sites is 1. The van der Waals surface area contributed by atoms with Crippen LogP contribution in [0.5, 0.6) is 5.75 Å². The highest BCUT2D eigenvalue weighted by Gasteiger charge is 2.75. The van der Waals surface area contributed by atoms with Crippen LogP contribution in [-0.2, 0) is 4.79 Å². The molecular weight excluding hydrogens is 262 g/mol. The zero-order chi connectivity index (χ0) is 14.1. The highest BCUT2D eigenvalue weighted by atomic mass is 16.5. The van der Waals surface area contributed by atoms with Crippen LogP contribution in [0.25, 0.3) is 6.08 Å². The summed E-state index contributed by atoms with van der Waals surface area (Å²) in [4.78, 5) is 14.7. The molecule has 1 unspecified atom stereocenters. The van der Waals surface area contributed by atoms with Crippen molar-refractivity contribution in [2.75, 3.05) is 13.1 Å². The molecule has 1 aromatic carbocycles. The number of benzene rings is 1. The van der Waals surface area contributed by atoms with Crippen molar-refractivity contribution < 1.29 is 9.53 Å². The number of hydrogen-bond donors (Lipinski definition) is 0. The zero-order valence-electron chi connectivity index (χ0n) is 12.0. The predicted molar refractivity (Wildman–Crippen MR) is 79.8 cm³/mol. The summed E-state index contributed by atoms with van der Waals surface area (Å²) in [6.45, 7) is 1.61. The van der Waals surface area contributed by atoms with Crippen molar-refractivity contribution >= 4 is 12.0 Å². The minimum absolute atomic E-state index is 0.0782. The molecule has 1 atom stereocenters. The van der Waals surface area contributed by atoms with E-state index in [1.807, 2.05) is 18.2 Å². The lowest BCUT2D eigenvalue weighted by Crippen LogP contribution is -2.54. The molecule has 1 spiro atoms. The summed E-state index contributed by atoms with van der Waals surface area (Å²) in [5.41, 5.74) is 0.905. The third-order valence-electron chi connectivity index (χ3n) is 5.68. The number of rotatable bonds is 1. The molecule has 0 N–H and O–H groups in total. The van der Waals surface area contributed by atoms with E-state index in [1.165, 1.54) is 0 Å². The van der Waals surface area contributed by atoms with Gasteiger partial charge in [0, 0.05) is 12.1 Å². The molecule has 0 bridgehead atoms. The molecule has 3 fully saturated rings. The van der Waals surface area contributed by atoms with Gasteiger partial charge in [-0.05, 0) is 43.7 Å². The number of amides is 1. The number of ether oxygens (including phenoxy) is 1. The van der Waals surface area contributed by atoms with Crippen molar-refractivity contribution in [1.82, 2.24) is 4.90 Å². The van der Waals surface area contributed by atoms with Gasteiger partial charge in [-0.25, -0.2) is 0 Å². The monoisotopic (exact) mass is 281 g/mol. The van der Waals surface area contributed by atoms with Crippen LogP contribution in [0.1, 0.15) is 31.2 Å². The second-order valence-electron chi connectivity index (χ2n) is 7.13. The Hall–Kier alpha value is -1.77. The Morgan fingerprint density at radius 1 is 1.29 bits per heavy atom. The standard InChI is InChI=1S/C18H19NO2/c20-16(18-10-14(18)11-18)19-9-3-7-17(12-19)8-6-13-4-1-2-5-15(13)21-17/h1-2,4-6,8,14H,3,7,9-12H2. The Labute approximate surface area is 124 Å². The largest absolute Gasteiger partial charge is 0.481 e. The number of likely N-dealkylation sites (tertiary alicyclic amines) is 1. The van der Waals surface area contributed by atoms with Crippen LogP contribution in [0, 0.1) is 11.3 Å². The average Bonchev–Trinajstić information content (AvgIpc) is 3.36. The molecular formula is C18H19NO2. The SMILES string of the molecule is O=C(N1CCCC2(C=Cc3ccccc3O2)C1)C12CC1C2. The molecule has 0 radical (unpaired) electrons. The highest BCUT2D eigenvalue weighted by molar-refractivity contribution is 5.90. The van der Waals surface area contributed by atoms with Gasteiger partial charge in [-0.15, -0.1) is 0 Å². The topological polar surface area (TPSA) is 29.5 Å². The van der Waals surface area contributed by atoms with Gasteiger partial charge in [-0.3, -0.25) is 4.79 Å². The van der Waals surface area contributed by atoms with Crippen LogP contribution in [0.3, 0.4) is 0 Å². The maximum absolute atomic E-state index is 12.6. The fraction of sp³-hybridized carbons (Fsp3) is 0.500. The van der Waals surface area contributed by atoms with Gasteiger partial charge in [0.05, 0.1) is 12.0 Å². The van der Waals surface area contributed by atoms with E-state index in [4.69, 9.17) is 4.74 Å². The summed E-state index contributed by atoms with van der Waals surface area (Å²) in [5, 5.41) is 0. The zero-order valence-corrected chi connectivity index (χ0v) is 12.0. The second-order valence-corrected chi connectivity index (χ2v) is 7.13. The normalized spacial score (nSPS) is 38.5. The first-order chi connectivity index (χ1) is 10.2. The van der Waals surface area contributed by atoms with E-state index in [0.29, 0.717) is 18.4 Å². The summed E-state index contributed by atoms with van der Waals surface area (Å²) in [5.74, 6) is 2.05. The molecule has 3 nitrogen and oxygen atoms in total. The second kappa shape index (κ2) is 3.70. The lowest BCUT2D eigenvalue weighted by Gasteiger charge is -2.43. The maximum atomic E-state index is 12.6. The Morgan fingerprint density at radius 2 is 2.10 bits per heavy atom. The van der Waals surface area contributed by atoms with E-state index in [0.717, 1.165) is 43.5 Å². The van der Waals surface area contributed by atoms with Crippen LogP contribution in [-0.4, -0.2) is 29.5 Å². The van der Waals surface area contributed by atoms with E-state index >= 15 is 0 Å². The number of nitrogens with zero attached hydrogens (tertiary/aromatic N) is 1. The molecule has 21 heavy (non-hydrogen) atoms. The van der Waals surface area contributed by atoms with Crippen LogP contribution >= 0.6 is 0 Å². The van der Waals surface area contributed by atoms with E-state index in [-0.39, 0.29) is 11.0 Å². The minimum Gasteiger partial charge on any atom is -0.481 e. The molecule has 4 aliphatic rings. The van der Waals surface area contributed by atoms with Crippen LogP contribution in [0.4, 0.5) is 0 Å². The van der Waals surface area contributed by atoms with Crippen molar-refractivity contribution in [2.24, 2.45) is 11.3 Å². The molecule has 1 amide bonds. The van der Waals surface area contributed by atoms with E-state index < -0.39 is 0 Å². The smallest absolute Gasteiger partial charge is 0.229 e. The molecule has 1 saturated heterocycles. The molecule has 5 rings (SSSR count). The number of piperidine rings is 1. The minimum atomic E-state index is -0.307. The summed E-state index contributed by atoms with van der Waals surface area (Å²) in [7, 11) is 0. The van der Waals surface area contributed by atoms with Crippen molar-refractivity contribution in [3.05, 3.63) is 35.9 Å². The van der Waals surface area contributed by atoms with Gasteiger partial charge in [-0.1, -0.05) is 24.3 Å². The predicted octanol–water partition coefficient (Wildman–Crippen LogP) is 2.86. The molecule has 2 saturated carbocycles. The van der Waals surface area contributed by atoms with Gasteiger partial charge in [0.15, 0.2) is 0 Å². The first-order valence-corrected chi connectivity index (χ1v) is 7.98. The van der Waals surface area contributed by atoms with E-state index in [1.54, 1.807) is 0 Å². The van der Waals surface area contributed by atoms with E-state index in [2.05, 4.69) is 23.1 Å². The maximum Gasteiger partial charge on any atom is 0.229 e. The van der Waals surface area contributed by atoms with Crippen LogP contribution < -0.4 is 4.74 Å². The summed E-state index contributed by atoms with van der Waals surface area (Å²) < 4.78 is 6.31. The first kappa shape index (κ1) is 11.8. The van der Waals surface area contributed by atoms with Gasteiger partial charge < -0.3 is 9.64 Å². The van der Waals surface area contributed by atoms with Gasteiger partial charge in [0.25, 0.3) is 0 Å². The Balaban J connectivity index is 1.41. The Morgan fingerprint density at radius 3 is 2.90 bits per heavy atom. The number of carbonyl (C=O) groups excluding carboxylic acids is 1. The first-order valence-electron chi connectivity index (χ1n) is 7.98. The number of hydrogen-bond acceptors (Lipinski definition) is 2. The number of fused-ring (bicyclic) bond motifs is 2. The Bertz CT molecular complexity index is 659. The van der Waals surface area contributed by atoms with E-state index in [9.17, 15) is 4.79 Å². The van der Waals surface area contributed by atoms with Crippen molar-refractivity contribution in [3.63, 3.8) is 0 Å². The fourth-order valence-electron chi connectivity index (χ4n) is 4.01. The molecule has 108 valence electrons. The quantitative estimate of drug-likeness (QED) is 0.792. The van der Waals surface area contributed by atoms with Gasteiger partial charge in [-0.2, -0.15) is 0 Å². The molecule has 2 heterocycles. The van der Waals surface area contributed by atoms with Crippen LogP contribution in [0.15, 0.2) is 30.3 Å². The molecule has 2 aliphatic carbocycles. The summed E-state index contributed by atoms with van der Waals surface area (Å²) >= 11 is 0. The Kier molecular flexibility index (Phi) is 2.09. The summed E-state index contributed by atoms with van der Waals surface area (Å²) in [6.07, 6.45) is 8.62. The highest BCUT2D eigenvalue weighted by Crippen LogP contribution is 2.76. The molecule has 0 aromatic heterocycles. The van der Waals surface area contributed by atoms with Gasteiger partial charge >= 0.3 is 0 Å². The lowest BCUT2D eigenvalue weighted by atomic mass is 9.89. The van der Waals surface area contributed by atoms with Crippen molar-refractivity contribution in [1.29, 1.82) is 0 Å². The molecule has 3 heteroatoms. The van der Waals surface area contributed by atoms with Gasteiger partial charge in [0.2, 0.25) is 5.91 Å². The van der Waals surface area contributed by atoms with Gasteiger partial charge in [0.1, 0.15) is 11.4 Å². The third-order valence-corrected chi connectivity index (χ3v) is 5.68. The van der Waals surface area contributed by atoms with Crippen molar-refractivity contribution in [3.8, 4) is 5.75 Å². The third kappa shape index (κ3) is 1.63. The lowest BCUT2D eigenvalue weighted by molar-refractivity contribution is -0.139. The van der Waals surface area contributed by atoms with Crippen molar-refractivity contribution in [2.45, 2.75) is 31.3 Å². The number of carbonyl (C=O) groups is 1. The van der Waals surface area contributed by atoms with Crippen LogP contribution in [0.2, 0.25) is 0 Å². The molecule has 2 aliphatic heterocycles. The summed E-state index contributed by atoms with van der Waals surface area (Å²) in [6, 6.07) is 8.14. The average molecular weight is 281 g/mol. The fourth-order valence-corrected chi connectivity index (χ4v) is 4.01.